The van der Waals surface area contributed by atoms with Crippen LogP contribution in [0.2, 0.25) is 0 Å². The number of amides is 1. The number of carbonyl (C=O) groups is 1. The molecule has 0 bridgehead atoms. The Kier molecular flexibility index (Phi) is 6.77. The summed E-state index contributed by atoms with van der Waals surface area (Å²) in [4.78, 5) is 19.2. The molecule has 1 aromatic carbocycles. The fourth-order valence-electron chi connectivity index (χ4n) is 3.22. The highest BCUT2D eigenvalue weighted by atomic mass is 32.1. The third-order valence-electron chi connectivity index (χ3n) is 4.88. The molecule has 1 amide bonds. The van der Waals surface area contributed by atoms with E-state index in [-0.39, 0.29) is 5.91 Å². The van der Waals surface area contributed by atoms with Crippen molar-refractivity contribution in [1.29, 1.82) is 0 Å². The van der Waals surface area contributed by atoms with E-state index in [1.165, 1.54) is 35.3 Å². The summed E-state index contributed by atoms with van der Waals surface area (Å²) in [6, 6.07) is 8.37. The largest absolute Gasteiger partial charge is 0.378 e. The van der Waals surface area contributed by atoms with Crippen LogP contribution in [0.15, 0.2) is 29.6 Å². The Morgan fingerprint density at radius 1 is 1.31 bits per heavy atom. The van der Waals surface area contributed by atoms with E-state index < -0.39 is 0 Å². The van der Waals surface area contributed by atoms with Gasteiger partial charge in [-0.3, -0.25) is 9.69 Å². The molecule has 1 aliphatic rings. The van der Waals surface area contributed by atoms with Crippen LogP contribution in [0.5, 0.6) is 0 Å². The summed E-state index contributed by atoms with van der Waals surface area (Å²) in [6.07, 6.45) is 2.54. The summed E-state index contributed by atoms with van der Waals surface area (Å²) in [6.45, 7) is 6.56. The Labute approximate surface area is 159 Å². The lowest BCUT2D eigenvalue weighted by Gasteiger charge is -2.30. The molecule has 0 spiro atoms. The van der Waals surface area contributed by atoms with Crippen LogP contribution in [0, 0.1) is 5.92 Å². The maximum absolute atomic E-state index is 12.4. The van der Waals surface area contributed by atoms with Gasteiger partial charge in [0.15, 0.2) is 0 Å². The molecule has 0 saturated carbocycles. The van der Waals surface area contributed by atoms with E-state index in [0.29, 0.717) is 18.8 Å². The molecule has 1 aliphatic heterocycles. The van der Waals surface area contributed by atoms with E-state index in [4.69, 9.17) is 4.74 Å². The van der Waals surface area contributed by atoms with E-state index >= 15 is 0 Å². The molecule has 140 valence electrons. The van der Waals surface area contributed by atoms with E-state index in [1.807, 2.05) is 6.07 Å². The van der Waals surface area contributed by atoms with Gasteiger partial charge >= 0.3 is 0 Å². The molecule has 1 fully saturated rings. The molecule has 0 unspecified atom stereocenters. The number of thiazole rings is 1. The third kappa shape index (κ3) is 5.13. The molecule has 0 aliphatic carbocycles. The molecule has 2 heterocycles. The van der Waals surface area contributed by atoms with Crippen LogP contribution in [0.3, 0.4) is 0 Å². The average Bonchev–Trinajstić information content (AvgIpc) is 3.12. The molecule has 2 aromatic rings. The average molecular weight is 374 g/mol. The third-order valence-corrected chi connectivity index (χ3v) is 5.70. The van der Waals surface area contributed by atoms with Crippen molar-refractivity contribution in [3.8, 4) is 0 Å². The molecule has 0 radical (unpaired) electrons. The van der Waals surface area contributed by atoms with Gasteiger partial charge in [0.25, 0.3) is 5.91 Å². The SMILES string of the molecule is COCc1nc(C(=O)NCc2ccccc2CN2CCC(C)CC2)cs1. The number of likely N-dealkylation sites (tertiary alicyclic amines) is 1. The fraction of sp³-hybridized carbons (Fsp3) is 0.500. The summed E-state index contributed by atoms with van der Waals surface area (Å²) < 4.78 is 5.06. The van der Waals surface area contributed by atoms with Crippen molar-refractivity contribution in [2.75, 3.05) is 20.2 Å². The second-order valence-corrected chi connectivity index (χ2v) is 7.91. The summed E-state index contributed by atoms with van der Waals surface area (Å²) in [5.74, 6) is 0.701. The quantitative estimate of drug-likeness (QED) is 0.808. The lowest BCUT2D eigenvalue weighted by Crippen LogP contribution is -2.33. The monoisotopic (exact) mass is 373 g/mol. The van der Waals surface area contributed by atoms with Crippen LogP contribution < -0.4 is 5.32 Å². The zero-order valence-electron chi connectivity index (χ0n) is 15.5. The van der Waals surface area contributed by atoms with Gasteiger partial charge in [-0.25, -0.2) is 4.98 Å². The lowest BCUT2D eigenvalue weighted by atomic mass is 9.98. The normalized spacial score (nSPS) is 15.9. The minimum absolute atomic E-state index is 0.134. The fourth-order valence-corrected chi connectivity index (χ4v) is 3.96. The summed E-state index contributed by atoms with van der Waals surface area (Å²) in [5, 5.41) is 5.60. The minimum Gasteiger partial charge on any atom is -0.378 e. The lowest BCUT2D eigenvalue weighted by molar-refractivity contribution is 0.0945. The number of carbonyl (C=O) groups excluding carboxylic acids is 1. The molecule has 1 N–H and O–H groups in total. The van der Waals surface area contributed by atoms with Crippen molar-refractivity contribution in [1.82, 2.24) is 15.2 Å². The van der Waals surface area contributed by atoms with Crippen molar-refractivity contribution in [3.05, 3.63) is 51.5 Å². The Balaban J connectivity index is 1.58. The van der Waals surface area contributed by atoms with Gasteiger partial charge in [0, 0.05) is 25.6 Å². The molecule has 1 saturated heterocycles. The predicted octanol–water partition coefficient (Wildman–Crippen LogP) is 3.45. The molecule has 26 heavy (non-hydrogen) atoms. The predicted molar refractivity (Wildman–Crippen MR) is 104 cm³/mol. The first-order chi connectivity index (χ1) is 12.7. The molecule has 3 rings (SSSR count). The van der Waals surface area contributed by atoms with Gasteiger partial charge < -0.3 is 10.1 Å². The second kappa shape index (κ2) is 9.26. The first-order valence-corrected chi connectivity index (χ1v) is 10.0. The highest BCUT2D eigenvalue weighted by molar-refractivity contribution is 7.09. The Morgan fingerprint density at radius 2 is 2.04 bits per heavy atom. The number of aromatic nitrogens is 1. The van der Waals surface area contributed by atoms with Gasteiger partial charge in [0.05, 0.1) is 6.61 Å². The second-order valence-electron chi connectivity index (χ2n) is 6.97. The van der Waals surface area contributed by atoms with Crippen molar-refractivity contribution >= 4 is 17.2 Å². The van der Waals surface area contributed by atoms with Crippen LogP contribution in [0.25, 0.3) is 0 Å². The molecular formula is C20H27N3O2S. The molecule has 1 aromatic heterocycles. The first kappa shape index (κ1) is 19.0. The van der Waals surface area contributed by atoms with Crippen molar-refractivity contribution < 1.29 is 9.53 Å². The van der Waals surface area contributed by atoms with Crippen molar-refractivity contribution in [3.63, 3.8) is 0 Å². The van der Waals surface area contributed by atoms with Crippen molar-refractivity contribution in [2.24, 2.45) is 5.92 Å². The number of piperidine rings is 1. The Hall–Kier alpha value is -1.76. The van der Waals surface area contributed by atoms with E-state index in [0.717, 1.165) is 30.6 Å². The van der Waals surface area contributed by atoms with Crippen LogP contribution in [-0.2, 0) is 24.4 Å². The zero-order valence-corrected chi connectivity index (χ0v) is 16.3. The smallest absolute Gasteiger partial charge is 0.271 e. The zero-order chi connectivity index (χ0) is 18.4. The van der Waals surface area contributed by atoms with Crippen LogP contribution in [-0.4, -0.2) is 36.0 Å². The van der Waals surface area contributed by atoms with Gasteiger partial charge in [-0.05, 0) is 43.0 Å². The number of hydrogen-bond donors (Lipinski definition) is 1. The summed E-state index contributed by atoms with van der Waals surface area (Å²) in [5.41, 5.74) is 2.93. The van der Waals surface area contributed by atoms with Crippen LogP contribution in [0.1, 0.15) is 46.4 Å². The van der Waals surface area contributed by atoms with Crippen LogP contribution in [0.4, 0.5) is 0 Å². The molecule has 5 nitrogen and oxygen atoms in total. The maximum atomic E-state index is 12.4. The number of methoxy groups -OCH3 is 1. The van der Waals surface area contributed by atoms with Gasteiger partial charge in [-0.2, -0.15) is 0 Å². The van der Waals surface area contributed by atoms with E-state index in [9.17, 15) is 4.79 Å². The van der Waals surface area contributed by atoms with E-state index in [2.05, 4.69) is 40.3 Å². The van der Waals surface area contributed by atoms with E-state index in [1.54, 1.807) is 12.5 Å². The molecule has 0 atom stereocenters. The number of ether oxygens (including phenoxy) is 1. The first-order valence-electron chi connectivity index (χ1n) is 9.16. The Bertz CT molecular complexity index is 723. The minimum atomic E-state index is -0.134. The highest BCUT2D eigenvalue weighted by Gasteiger charge is 2.17. The molecular weight excluding hydrogens is 346 g/mol. The number of hydrogen-bond acceptors (Lipinski definition) is 5. The summed E-state index contributed by atoms with van der Waals surface area (Å²) in [7, 11) is 1.63. The van der Waals surface area contributed by atoms with Gasteiger partial charge in [-0.15, -0.1) is 11.3 Å². The molecule has 6 heteroatoms. The topological polar surface area (TPSA) is 54.5 Å². The number of rotatable bonds is 7. The number of nitrogens with zero attached hydrogens (tertiary/aromatic N) is 2. The van der Waals surface area contributed by atoms with Gasteiger partial charge in [-0.1, -0.05) is 31.2 Å². The van der Waals surface area contributed by atoms with Gasteiger partial charge in [0.2, 0.25) is 0 Å². The number of benzene rings is 1. The van der Waals surface area contributed by atoms with Crippen LogP contribution >= 0.6 is 11.3 Å². The van der Waals surface area contributed by atoms with Gasteiger partial charge in [0.1, 0.15) is 10.7 Å². The maximum Gasteiger partial charge on any atom is 0.271 e. The number of nitrogens with one attached hydrogen (secondary N) is 1. The van der Waals surface area contributed by atoms with Crippen molar-refractivity contribution in [2.45, 2.75) is 39.5 Å². The standard InChI is InChI=1S/C20H27N3O2S/c1-15-7-9-23(10-8-15)12-17-6-4-3-5-16(17)11-21-20(24)18-14-26-19(22-18)13-25-2/h3-6,14-15H,7-13H2,1-2H3,(H,21,24). The Morgan fingerprint density at radius 3 is 2.77 bits per heavy atom. The summed E-state index contributed by atoms with van der Waals surface area (Å²) >= 11 is 1.45. The highest BCUT2D eigenvalue weighted by Crippen LogP contribution is 2.20.